The van der Waals surface area contributed by atoms with Gasteiger partial charge >= 0.3 is 11.9 Å². The number of carbonyl (C=O) groups is 3. The minimum atomic E-state index is -0.881. The van der Waals surface area contributed by atoms with Gasteiger partial charge in [0.15, 0.2) is 12.0 Å². The van der Waals surface area contributed by atoms with E-state index in [9.17, 15) is 14.4 Å². The molecular weight excluding hydrogens is 326 g/mol. The molecule has 0 aromatic heterocycles. The average molecular weight is 355 g/mol. The zero-order chi connectivity index (χ0) is 20.0. The number of hydrogen-bond donors (Lipinski definition) is 0. The normalized spacial score (nSPS) is 23.5. The molecular formula is C18H29NO6. The van der Waals surface area contributed by atoms with Gasteiger partial charge in [-0.2, -0.15) is 5.26 Å². The van der Waals surface area contributed by atoms with Crippen molar-refractivity contribution in [3.8, 4) is 6.07 Å². The van der Waals surface area contributed by atoms with Crippen molar-refractivity contribution in [1.82, 2.24) is 0 Å². The molecule has 1 aliphatic heterocycles. The number of nitriles is 1. The fourth-order valence-electron chi connectivity index (χ4n) is 2.36. The van der Waals surface area contributed by atoms with Crippen LogP contribution in [0.3, 0.4) is 0 Å². The summed E-state index contributed by atoms with van der Waals surface area (Å²) in [7, 11) is 1.22. The molecule has 1 heterocycles. The summed E-state index contributed by atoms with van der Waals surface area (Å²) in [4.78, 5) is 31.0. The Morgan fingerprint density at radius 2 is 1.96 bits per heavy atom. The smallest absolute Gasteiger partial charge is 0.343 e. The van der Waals surface area contributed by atoms with Crippen molar-refractivity contribution in [2.24, 2.45) is 11.3 Å². The van der Waals surface area contributed by atoms with Gasteiger partial charge < -0.3 is 14.2 Å². The lowest BCUT2D eigenvalue weighted by Gasteiger charge is -2.22. The molecule has 0 saturated carbocycles. The summed E-state index contributed by atoms with van der Waals surface area (Å²) in [6.07, 6.45) is 1.25. The molecule has 0 aromatic rings. The van der Waals surface area contributed by atoms with Gasteiger partial charge in [-0.25, -0.2) is 4.79 Å². The molecule has 142 valence electrons. The summed E-state index contributed by atoms with van der Waals surface area (Å²) in [6, 6.07) is 2.13. The van der Waals surface area contributed by atoms with E-state index < -0.39 is 11.4 Å². The lowest BCUT2D eigenvalue weighted by molar-refractivity contribution is -0.150. The number of allylic oxidation sites excluding steroid dienone is 1. The van der Waals surface area contributed by atoms with Crippen molar-refractivity contribution in [2.75, 3.05) is 13.7 Å². The summed E-state index contributed by atoms with van der Waals surface area (Å²) in [5.41, 5.74) is 0.286. The van der Waals surface area contributed by atoms with E-state index in [1.54, 1.807) is 0 Å². The monoisotopic (exact) mass is 355 g/mol. The highest BCUT2D eigenvalue weighted by Gasteiger charge is 2.54. The van der Waals surface area contributed by atoms with E-state index in [0.717, 1.165) is 6.42 Å². The van der Waals surface area contributed by atoms with E-state index in [1.807, 2.05) is 34.6 Å². The fourth-order valence-corrected chi connectivity index (χ4v) is 2.36. The molecule has 1 rings (SSSR count). The van der Waals surface area contributed by atoms with E-state index in [-0.39, 0.29) is 31.1 Å². The van der Waals surface area contributed by atoms with E-state index in [1.165, 1.54) is 12.7 Å². The summed E-state index contributed by atoms with van der Waals surface area (Å²) >= 11 is 0. The maximum atomic E-state index is 11.5. The highest BCUT2D eigenvalue weighted by Crippen LogP contribution is 2.43. The molecule has 0 N–H and O–H groups in total. The number of carbonyl (C=O) groups excluding carboxylic acids is 3. The highest BCUT2D eigenvalue weighted by molar-refractivity contribution is 5.82. The van der Waals surface area contributed by atoms with Crippen LogP contribution in [0, 0.1) is 22.7 Å². The van der Waals surface area contributed by atoms with Crippen LogP contribution in [0.2, 0.25) is 0 Å². The van der Waals surface area contributed by atoms with Crippen molar-refractivity contribution >= 4 is 18.4 Å². The maximum absolute atomic E-state index is 11.5. The molecule has 0 amide bonds. The van der Waals surface area contributed by atoms with Crippen molar-refractivity contribution in [1.29, 1.82) is 5.26 Å². The van der Waals surface area contributed by atoms with Gasteiger partial charge in [0.05, 0.1) is 13.2 Å². The van der Waals surface area contributed by atoms with Gasteiger partial charge in [-0.05, 0) is 33.6 Å². The number of methoxy groups -OCH3 is 1. The summed E-state index contributed by atoms with van der Waals surface area (Å²) in [5.74, 6) is -0.844. The number of rotatable bonds is 5. The summed E-state index contributed by atoms with van der Waals surface area (Å²) < 4.78 is 13.3. The second-order valence-electron chi connectivity index (χ2n) is 5.75. The Labute approximate surface area is 149 Å². The number of esters is 2. The van der Waals surface area contributed by atoms with Gasteiger partial charge in [-0.3, -0.25) is 9.59 Å². The van der Waals surface area contributed by atoms with E-state index >= 15 is 0 Å². The Morgan fingerprint density at radius 1 is 1.44 bits per heavy atom. The van der Waals surface area contributed by atoms with Crippen LogP contribution < -0.4 is 0 Å². The predicted molar refractivity (Wildman–Crippen MR) is 92.2 cm³/mol. The molecule has 0 bridgehead atoms. The van der Waals surface area contributed by atoms with Crippen LogP contribution in [-0.2, 0) is 28.6 Å². The third-order valence-corrected chi connectivity index (χ3v) is 3.55. The van der Waals surface area contributed by atoms with Gasteiger partial charge in [-0.15, -0.1) is 6.58 Å². The van der Waals surface area contributed by atoms with E-state index in [0.29, 0.717) is 6.42 Å². The third-order valence-electron chi connectivity index (χ3n) is 3.55. The molecule has 25 heavy (non-hydrogen) atoms. The molecule has 0 aliphatic carbocycles. The van der Waals surface area contributed by atoms with E-state index in [4.69, 9.17) is 10.00 Å². The van der Waals surface area contributed by atoms with Crippen molar-refractivity contribution in [2.45, 2.75) is 53.6 Å². The van der Waals surface area contributed by atoms with E-state index in [2.05, 4.69) is 22.1 Å². The second kappa shape index (κ2) is 13.0. The van der Waals surface area contributed by atoms with Crippen LogP contribution in [-0.4, -0.2) is 38.2 Å². The Morgan fingerprint density at radius 3 is 2.24 bits per heavy atom. The molecule has 1 saturated heterocycles. The summed E-state index contributed by atoms with van der Waals surface area (Å²) in [5, 5.41) is 9.06. The zero-order valence-corrected chi connectivity index (χ0v) is 16.0. The number of nitrogens with zero attached hydrogens (tertiary/aromatic N) is 1. The number of hydrogen-bond acceptors (Lipinski definition) is 7. The van der Waals surface area contributed by atoms with Gasteiger partial charge in [0, 0.05) is 5.92 Å². The minimum Gasteiger partial charge on any atom is -0.466 e. The Kier molecular flexibility index (Phi) is 12.9. The SMILES string of the molecule is C=C(C)C.CCC1C(C)OC(=O)C1(C#N)CC.COC(=O)COC=O. The molecule has 7 nitrogen and oxygen atoms in total. The largest absolute Gasteiger partial charge is 0.466 e. The topological polar surface area (TPSA) is 103 Å². The second-order valence-corrected chi connectivity index (χ2v) is 5.75. The standard InChI is InChI=1S/C10H15NO2.C4H6O4.C4H8/c1-4-8-7(3)13-9(12)10(8,5-2)6-11;1-7-4(6)2-8-3-5;1-4(2)3/h7-8H,4-5H2,1-3H3;3H,2H2,1H3;1H2,2-3H3. The molecule has 0 radical (unpaired) electrons. The van der Waals surface area contributed by atoms with Gasteiger partial charge in [0.25, 0.3) is 6.47 Å². The third kappa shape index (κ3) is 8.34. The van der Waals surface area contributed by atoms with Crippen LogP contribution in [0.5, 0.6) is 0 Å². The molecule has 3 atom stereocenters. The van der Waals surface area contributed by atoms with Crippen molar-refractivity contribution in [3.63, 3.8) is 0 Å². The average Bonchev–Trinajstić information content (AvgIpc) is 2.81. The van der Waals surface area contributed by atoms with Gasteiger partial charge in [0.2, 0.25) is 0 Å². The van der Waals surface area contributed by atoms with Gasteiger partial charge in [-0.1, -0.05) is 19.4 Å². The molecule has 0 spiro atoms. The first-order valence-electron chi connectivity index (χ1n) is 8.03. The van der Waals surface area contributed by atoms with Crippen LogP contribution in [0.1, 0.15) is 47.5 Å². The maximum Gasteiger partial charge on any atom is 0.343 e. The molecule has 0 aromatic carbocycles. The Balaban J connectivity index is 0. The lowest BCUT2D eigenvalue weighted by Crippen LogP contribution is -2.31. The quantitative estimate of drug-likeness (QED) is 0.323. The van der Waals surface area contributed by atoms with Crippen molar-refractivity contribution in [3.05, 3.63) is 12.2 Å². The van der Waals surface area contributed by atoms with Crippen LogP contribution in [0.4, 0.5) is 0 Å². The minimum absolute atomic E-state index is 0.0509. The van der Waals surface area contributed by atoms with Crippen LogP contribution >= 0.6 is 0 Å². The first kappa shape index (κ1) is 24.9. The zero-order valence-electron chi connectivity index (χ0n) is 16.0. The predicted octanol–water partition coefficient (Wildman–Crippen LogP) is 2.79. The molecule has 1 aliphatic rings. The van der Waals surface area contributed by atoms with Crippen LogP contribution in [0.25, 0.3) is 0 Å². The van der Waals surface area contributed by atoms with Gasteiger partial charge in [0.1, 0.15) is 6.10 Å². The molecule has 3 unspecified atom stereocenters. The Bertz CT molecular complexity index is 492. The van der Waals surface area contributed by atoms with Crippen LogP contribution in [0.15, 0.2) is 12.2 Å². The first-order valence-corrected chi connectivity index (χ1v) is 8.03. The fraction of sp³-hybridized carbons (Fsp3) is 0.667. The first-order chi connectivity index (χ1) is 11.7. The lowest BCUT2D eigenvalue weighted by atomic mass is 9.73. The Hall–Kier alpha value is -2.36. The summed E-state index contributed by atoms with van der Waals surface area (Å²) in [6.45, 7) is 13.1. The number of cyclic esters (lactones) is 1. The van der Waals surface area contributed by atoms with Crippen molar-refractivity contribution < 1.29 is 28.6 Å². The number of ether oxygens (including phenoxy) is 3. The highest BCUT2D eigenvalue weighted by atomic mass is 16.6. The molecule has 7 heteroatoms. The molecule has 1 fully saturated rings.